The number of rotatable bonds is 12. The van der Waals surface area contributed by atoms with Crippen LogP contribution in [0.25, 0.3) is 0 Å². The number of aliphatic imine (C=N–C) groups is 1. The van der Waals surface area contributed by atoms with Crippen LogP contribution in [0.2, 0.25) is 0 Å². The molecule has 2 aromatic carbocycles. The third-order valence-corrected chi connectivity index (χ3v) is 4.73. The monoisotopic (exact) mass is 538 g/mol. The second-order valence-corrected chi connectivity index (χ2v) is 7.01. The van der Waals surface area contributed by atoms with Crippen molar-refractivity contribution in [2.75, 3.05) is 40.4 Å². The molecule has 0 heterocycles. The van der Waals surface area contributed by atoms with Crippen LogP contribution in [0, 0.1) is 0 Å². The Labute approximate surface area is 203 Å². The van der Waals surface area contributed by atoms with Gasteiger partial charge in [0.25, 0.3) is 5.91 Å². The number of hydrogen-bond acceptors (Lipinski definition) is 3. The number of ether oxygens (including phenoxy) is 1. The molecule has 6 nitrogen and oxygen atoms in total. The van der Waals surface area contributed by atoms with E-state index in [4.69, 9.17) is 4.74 Å². The fourth-order valence-corrected chi connectivity index (χ4v) is 3.03. The van der Waals surface area contributed by atoms with Gasteiger partial charge in [-0.25, -0.2) is 0 Å². The second-order valence-electron chi connectivity index (χ2n) is 7.01. The summed E-state index contributed by atoms with van der Waals surface area (Å²) in [5.41, 5.74) is 3.12. The average Bonchev–Trinajstić information content (AvgIpc) is 2.79. The van der Waals surface area contributed by atoms with Crippen molar-refractivity contribution < 1.29 is 9.53 Å². The van der Waals surface area contributed by atoms with E-state index < -0.39 is 0 Å². The van der Waals surface area contributed by atoms with Gasteiger partial charge in [-0.1, -0.05) is 42.5 Å². The molecule has 0 saturated carbocycles. The Kier molecular flexibility index (Phi) is 14.4. The van der Waals surface area contributed by atoms with Gasteiger partial charge in [0.15, 0.2) is 5.96 Å². The fraction of sp³-hybridized carbons (Fsp3) is 0.417. The van der Waals surface area contributed by atoms with Gasteiger partial charge in [-0.15, -0.1) is 24.0 Å². The maximum atomic E-state index is 11.7. The molecule has 3 N–H and O–H groups in total. The van der Waals surface area contributed by atoms with Crippen LogP contribution in [0.15, 0.2) is 59.6 Å². The maximum absolute atomic E-state index is 11.7. The number of carbonyl (C=O) groups excluding carboxylic acids is 1. The molecule has 0 aliphatic heterocycles. The van der Waals surface area contributed by atoms with Gasteiger partial charge in [-0.3, -0.25) is 9.79 Å². The Balaban J connectivity index is 0.00000480. The van der Waals surface area contributed by atoms with E-state index in [1.807, 2.05) is 30.3 Å². The molecular formula is C24H35IN4O2. The number of carbonyl (C=O) groups is 1. The number of amides is 1. The summed E-state index contributed by atoms with van der Waals surface area (Å²) in [7, 11) is 3.41. The van der Waals surface area contributed by atoms with Crippen molar-refractivity contribution in [2.24, 2.45) is 4.99 Å². The summed E-state index contributed by atoms with van der Waals surface area (Å²) in [6.45, 7) is 3.15. The molecule has 1 amide bonds. The van der Waals surface area contributed by atoms with Crippen LogP contribution >= 0.6 is 24.0 Å². The van der Waals surface area contributed by atoms with Crippen molar-refractivity contribution in [3.8, 4) is 0 Å². The lowest BCUT2D eigenvalue weighted by molar-refractivity contribution is 0.0963. The highest BCUT2D eigenvalue weighted by atomic mass is 127. The first-order valence-electron chi connectivity index (χ1n) is 10.6. The topological polar surface area (TPSA) is 74.8 Å². The molecule has 0 bridgehead atoms. The van der Waals surface area contributed by atoms with Crippen molar-refractivity contribution in [2.45, 2.75) is 25.7 Å². The van der Waals surface area contributed by atoms with E-state index in [0.29, 0.717) is 5.56 Å². The lowest BCUT2D eigenvalue weighted by Crippen LogP contribution is -2.38. The Morgan fingerprint density at radius 3 is 2.39 bits per heavy atom. The van der Waals surface area contributed by atoms with E-state index in [1.165, 1.54) is 5.56 Å². The predicted molar refractivity (Wildman–Crippen MR) is 139 cm³/mol. The van der Waals surface area contributed by atoms with Gasteiger partial charge in [0, 0.05) is 39.4 Å². The number of nitrogens with zero attached hydrogens (tertiary/aromatic N) is 1. The van der Waals surface area contributed by atoms with Crippen molar-refractivity contribution in [3.63, 3.8) is 0 Å². The van der Waals surface area contributed by atoms with Gasteiger partial charge in [0.05, 0.1) is 6.61 Å². The van der Waals surface area contributed by atoms with Crippen LogP contribution < -0.4 is 16.0 Å². The molecule has 0 saturated heterocycles. The van der Waals surface area contributed by atoms with Crippen LogP contribution in [0.3, 0.4) is 0 Å². The zero-order valence-corrected chi connectivity index (χ0v) is 20.9. The number of halogens is 1. The Morgan fingerprint density at radius 1 is 0.903 bits per heavy atom. The summed E-state index contributed by atoms with van der Waals surface area (Å²) in [5, 5.41) is 9.30. The maximum Gasteiger partial charge on any atom is 0.251 e. The lowest BCUT2D eigenvalue weighted by Gasteiger charge is -2.12. The Hall–Kier alpha value is -2.13. The number of unbranched alkanes of at least 4 members (excludes halogenated alkanes) is 1. The molecule has 170 valence electrons. The molecule has 0 atom stereocenters. The van der Waals surface area contributed by atoms with Crippen LogP contribution in [0.1, 0.15) is 34.3 Å². The standard InChI is InChI=1S/C24H34N4O2.HI/c1-25-23(29)22-12-8-11-21(19-22)13-16-28-24(26-2)27-15-6-7-17-30-18-14-20-9-4-3-5-10-20;/h3-5,8-12,19H,6-7,13-18H2,1-2H3,(H,25,29)(H2,26,27,28);1H. The Morgan fingerprint density at radius 2 is 1.65 bits per heavy atom. The van der Waals surface area contributed by atoms with Gasteiger partial charge in [-0.05, 0) is 48.9 Å². The van der Waals surface area contributed by atoms with Crippen molar-refractivity contribution >= 4 is 35.8 Å². The first-order valence-corrected chi connectivity index (χ1v) is 10.6. The SMILES string of the molecule is CN=C(NCCCCOCCc1ccccc1)NCCc1cccc(C(=O)NC)c1.I. The predicted octanol–water partition coefficient (Wildman–Crippen LogP) is 3.41. The first kappa shape index (κ1) is 26.9. The molecule has 7 heteroatoms. The van der Waals surface area contributed by atoms with Crippen molar-refractivity contribution in [1.29, 1.82) is 0 Å². The van der Waals surface area contributed by atoms with Gasteiger partial charge in [0.1, 0.15) is 0 Å². The van der Waals surface area contributed by atoms with E-state index in [1.54, 1.807) is 14.1 Å². The zero-order valence-electron chi connectivity index (χ0n) is 18.5. The molecule has 0 unspecified atom stereocenters. The van der Waals surface area contributed by atoms with Gasteiger partial charge in [-0.2, -0.15) is 0 Å². The molecule has 0 radical (unpaired) electrons. The molecule has 0 aliphatic rings. The summed E-state index contributed by atoms with van der Waals surface area (Å²) in [6, 6.07) is 18.1. The largest absolute Gasteiger partial charge is 0.381 e. The van der Waals surface area contributed by atoms with Crippen LogP contribution in [-0.2, 0) is 17.6 Å². The molecule has 2 rings (SSSR count). The summed E-state index contributed by atoms with van der Waals surface area (Å²) in [4.78, 5) is 16.0. The highest BCUT2D eigenvalue weighted by Gasteiger charge is 2.04. The normalized spacial score (nSPS) is 10.8. The second kappa shape index (κ2) is 16.5. The van der Waals surface area contributed by atoms with Gasteiger partial charge >= 0.3 is 0 Å². The number of benzene rings is 2. The summed E-state index contributed by atoms with van der Waals surface area (Å²) >= 11 is 0. The van der Waals surface area contributed by atoms with E-state index in [2.05, 4.69) is 45.2 Å². The smallest absolute Gasteiger partial charge is 0.251 e. The van der Waals surface area contributed by atoms with E-state index in [0.717, 1.165) is 63.5 Å². The van der Waals surface area contributed by atoms with Crippen LogP contribution in [-0.4, -0.2) is 52.3 Å². The quantitative estimate of drug-likeness (QED) is 0.168. The lowest BCUT2D eigenvalue weighted by atomic mass is 10.1. The van der Waals surface area contributed by atoms with Crippen molar-refractivity contribution in [3.05, 3.63) is 71.3 Å². The van der Waals surface area contributed by atoms with Crippen LogP contribution in [0.4, 0.5) is 0 Å². The Bertz CT molecular complexity index is 784. The summed E-state index contributed by atoms with van der Waals surface area (Å²) < 4.78 is 5.72. The minimum Gasteiger partial charge on any atom is -0.381 e. The molecule has 0 spiro atoms. The molecular weight excluding hydrogens is 503 g/mol. The third-order valence-electron chi connectivity index (χ3n) is 4.73. The molecule has 0 aromatic heterocycles. The average molecular weight is 538 g/mol. The van der Waals surface area contributed by atoms with Crippen molar-refractivity contribution in [1.82, 2.24) is 16.0 Å². The zero-order chi connectivity index (χ0) is 21.4. The number of guanidine groups is 1. The summed E-state index contributed by atoms with van der Waals surface area (Å²) in [5.74, 6) is 0.730. The number of nitrogens with one attached hydrogen (secondary N) is 3. The fourth-order valence-electron chi connectivity index (χ4n) is 3.03. The van der Waals surface area contributed by atoms with Gasteiger partial charge in [0.2, 0.25) is 0 Å². The highest BCUT2D eigenvalue weighted by Crippen LogP contribution is 2.05. The van der Waals surface area contributed by atoms with E-state index >= 15 is 0 Å². The minimum atomic E-state index is -0.0636. The highest BCUT2D eigenvalue weighted by molar-refractivity contribution is 14.0. The molecule has 31 heavy (non-hydrogen) atoms. The molecule has 2 aromatic rings. The van der Waals surface area contributed by atoms with E-state index in [-0.39, 0.29) is 29.9 Å². The van der Waals surface area contributed by atoms with Crippen LogP contribution in [0.5, 0.6) is 0 Å². The molecule has 0 fully saturated rings. The first-order chi connectivity index (χ1) is 14.7. The molecule has 0 aliphatic carbocycles. The van der Waals surface area contributed by atoms with Gasteiger partial charge < -0.3 is 20.7 Å². The minimum absolute atomic E-state index is 0. The third kappa shape index (κ3) is 11.2. The van der Waals surface area contributed by atoms with E-state index in [9.17, 15) is 4.79 Å². The number of hydrogen-bond donors (Lipinski definition) is 3. The summed E-state index contributed by atoms with van der Waals surface area (Å²) in [6.07, 6.45) is 3.83.